The first kappa shape index (κ1) is 12.4. The number of benzene rings is 1. The highest BCUT2D eigenvalue weighted by molar-refractivity contribution is 5.39. The van der Waals surface area contributed by atoms with Crippen LogP contribution in [0.1, 0.15) is 36.8 Å². The van der Waals surface area contributed by atoms with Gasteiger partial charge in [-0.3, -0.25) is 0 Å². The van der Waals surface area contributed by atoms with Gasteiger partial charge in [0.15, 0.2) is 0 Å². The summed E-state index contributed by atoms with van der Waals surface area (Å²) in [5.41, 5.74) is 7.87. The fraction of sp³-hybridized carbons (Fsp3) is 0.571. The van der Waals surface area contributed by atoms with Crippen molar-refractivity contribution < 1.29 is 10.2 Å². The quantitative estimate of drug-likeness (QED) is 0.732. The van der Waals surface area contributed by atoms with Crippen LogP contribution in [0.25, 0.3) is 0 Å². The van der Waals surface area contributed by atoms with Crippen molar-refractivity contribution in [3.8, 4) is 5.75 Å². The summed E-state index contributed by atoms with van der Waals surface area (Å²) in [7, 11) is 0. The van der Waals surface area contributed by atoms with Gasteiger partial charge in [-0.1, -0.05) is 12.1 Å². The van der Waals surface area contributed by atoms with Crippen molar-refractivity contribution in [1.82, 2.24) is 0 Å². The van der Waals surface area contributed by atoms with E-state index in [9.17, 15) is 10.2 Å². The molecule has 4 N–H and O–H groups in total. The summed E-state index contributed by atoms with van der Waals surface area (Å²) in [6.45, 7) is 2.46. The molecule has 0 amide bonds. The van der Waals surface area contributed by atoms with Crippen LogP contribution in [0.15, 0.2) is 18.2 Å². The summed E-state index contributed by atoms with van der Waals surface area (Å²) in [6, 6.07) is 5.83. The lowest BCUT2D eigenvalue weighted by Crippen LogP contribution is -2.40. The van der Waals surface area contributed by atoms with Crippen molar-refractivity contribution in [3.05, 3.63) is 29.3 Å². The zero-order valence-corrected chi connectivity index (χ0v) is 10.3. The molecule has 3 heteroatoms. The molecule has 1 aliphatic rings. The second kappa shape index (κ2) is 4.67. The van der Waals surface area contributed by atoms with Crippen LogP contribution in [0.2, 0.25) is 0 Å². The Morgan fingerprint density at radius 3 is 2.53 bits per heavy atom. The van der Waals surface area contributed by atoms with Gasteiger partial charge in [-0.15, -0.1) is 0 Å². The predicted molar refractivity (Wildman–Crippen MR) is 68.1 cm³/mol. The summed E-state index contributed by atoms with van der Waals surface area (Å²) >= 11 is 0. The highest BCUT2D eigenvalue weighted by Gasteiger charge is 2.35. The summed E-state index contributed by atoms with van der Waals surface area (Å²) < 4.78 is 0. The van der Waals surface area contributed by atoms with Crippen LogP contribution in [-0.4, -0.2) is 22.9 Å². The molecule has 0 spiro atoms. The number of hydrogen-bond donors (Lipinski definition) is 3. The van der Waals surface area contributed by atoms with Crippen molar-refractivity contribution in [3.63, 3.8) is 0 Å². The maximum atomic E-state index is 9.80. The van der Waals surface area contributed by atoms with E-state index in [1.807, 2.05) is 19.1 Å². The highest BCUT2D eigenvalue weighted by Crippen LogP contribution is 2.40. The van der Waals surface area contributed by atoms with Gasteiger partial charge in [0.25, 0.3) is 0 Å². The van der Waals surface area contributed by atoms with Crippen LogP contribution in [-0.2, 0) is 5.41 Å². The summed E-state index contributed by atoms with van der Waals surface area (Å²) in [5.74, 6) is 0.335. The Balaban J connectivity index is 2.31. The standard InChI is InChI=1S/C14H21NO2/c1-10-2-3-11(8-13(10)17)14(9-15)6-4-12(16)5-7-14/h2-3,8,12,16-17H,4-7,9,15H2,1H3. The normalized spacial score (nSPS) is 29.2. The van der Waals surface area contributed by atoms with E-state index < -0.39 is 0 Å². The third kappa shape index (κ3) is 2.31. The summed E-state index contributed by atoms with van der Waals surface area (Å²) in [4.78, 5) is 0. The van der Waals surface area contributed by atoms with Crippen molar-refractivity contribution in [2.45, 2.75) is 44.1 Å². The molecule has 17 heavy (non-hydrogen) atoms. The average molecular weight is 235 g/mol. The van der Waals surface area contributed by atoms with Crippen LogP contribution in [0.4, 0.5) is 0 Å². The third-order valence-corrected chi connectivity index (χ3v) is 4.12. The zero-order chi connectivity index (χ0) is 12.5. The molecule has 3 nitrogen and oxygen atoms in total. The van der Waals surface area contributed by atoms with Crippen molar-refractivity contribution in [2.24, 2.45) is 5.73 Å². The lowest BCUT2D eigenvalue weighted by atomic mass is 9.68. The van der Waals surface area contributed by atoms with Gasteiger partial charge < -0.3 is 15.9 Å². The van der Waals surface area contributed by atoms with E-state index in [4.69, 9.17) is 5.73 Å². The molecule has 0 saturated heterocycles. The van der Waals surface area contributed by atoms with Crippen molar-refractivity contribution >= 4 is 0 Å². The number of nitrogens with two attached hydrogens (primary N) is 1. The lowest BCUT2D eigenvalue weighted by molar-refractivity contribution is 0.0974. The molecule has 1 aromatic rings. The number of aromatic hydroxyl groups is 1. The maximum absolute atomic E-state index is 9.80. The highest BCUT2D eigenvalue weighted by atomic mass is 16.3. The Labute approximate surface area is 102 Å². The van der Waals surface area contributed by atoms with Crippen LogP contribution in [0, 0.1) is 6.92 Å². The molecule has 0 unspecified atom stereocenters. The first-order valence-electron chi connectivity index (χ1n) is 6.26. The lowest BCUT2D eigenvalue weighted by Gasteiger charge is -2.38. The van der Waals surface area contributed by atoms with E-state index in [1.165, 1.54) is 0 Å². The smallest absolute Gasteiger partial charge is 0.118 e. The van der Waals surface area contributed by atoms with Crippen LogP contribution in [0.5, 0.6) is 5.75 Å². The first-order valence-corrected chi connectivity index (χ1v) is 6.26. The number of phenolic OH excluding ortho intramolecular Hbond substituents is 1. The number of aliphatic hydroxyl groups excluding tert-OH is 1. The molecule has 0 bridgehead atoms. The topological polar surface area (TPSA) is 66.5 Å². The Kier molecular flexibility index (Phi) is 3.40. The monoisotopic (exact) mass is 235 g/mol. The minimum Gasteiger partial charge on any atom is -0.508 e. The van der Waals surface area contributed by atoms with Gasteiger partial charge in [-0.2, -0.15) is 0 Å². The van der Waals surface area contributed by atoms with Gasteiger partial charge in [0.2, 0.25) is 0 Å². The average Bonchev–Trinajstić information content (AvgIpc) is 2.34. The van der Waals surface area contributed by atoms with Gasteiger partial charge in [0.1, 0.15) is 5.75 Å². The number of aryl methyl sites for hydroxylation is 1. The first-order chi connectivity index (χ1) is 8.07. The molecule has 0 radical (unpaired) electrons. The van der Waals surface area contributed by atoms with E-state index in [0.717, 1.165) is 36.8 Å². The molecule has 0 aromatic heterocycles. The van der Waals surface area contributed by atoms with Gasteiger partial charge in [-0.05, 0) is 49.8 Å². The molecule has 94 valence electrons. The molecule has 0 aliphatic heterocycles. The largest absolute Gasteiger partial charge is 0.508 e. The van der Waals surface area contributed by atoms with Crippen LogP contribution in [0.3, 0.4) is 0 Å². The van der Waals surface area contributed by atoms with E-state index in [1.54, 1.807) is 0 Å². The van der Waals surface area contributed by atoms with Crippen LogP contribution < -0.4 is 5.73 Å². The number of aliphatic hydroxyl groups is 1. The molecule has 1 aromatic carbocycles. The molecular weight excluding hydrogens is 214 g/mol. The Morgan fingerprint density at radius 2 is 2.00 bits per heavy atom. The van der Waals surface area contributed by atoms with Gasteiger partial charge >= 0.3 is 0 Å². The summed E-state index contributed by atoms with van der Waals surface area (Å²) in [6.07, 6.45) is 3.20. The van der Waals surface area contributed by atoms with E-state index >= 15 is 0 Å². The van der Waals surface area contributed by atoms with Gasteiger partial charge in [0.05, 0.1) is 6.10 Å². The molecular formula is C14H21NO2. The summed E-state index contributed by atoms with van der Waals surface area (Å²) in [5, 5.41) is 19.4. The van der Waals surface area contributed by atoms with Crippen molar-refractivity contribution in [1.29, 1.82) is 0 Å². The number of rotatable bonds is 2. The number of hydrogen-bond acceptors (Lipinski definition) is 3. The SMILES string of the molecule is Cc1ccc(C2(CN)CCC(O)CC2)cc1O. The number of phenols is 1. The molecule has 1 saturated carbocycles. The zero-order valence-electron chi connectivity index (χ0n) is 10.3. The molecule has 2 rings (SSSR count). The van der Waals surface area contributed by atoms with E-state index in [-0.39, 0.29) is 11.5 Å². The van der Waals surface area contributed by atoms with E-state index in [0.29, 0.717) is 12.3 Å². The van der Waals surface area contributed by atoms with Crippen molar-refractivity contribution in [2.75, 3.05) is 6.54 Å². The molecule has 1 aliphatic carbocycles. The maximum Gasteiger partial charge on any atom is 0.118 e. The Morgan fingerprint density at radius 1 is 1.35 bits per heavy atom. The fourth-order valence-electron chi connectivity index (χ4n) is 2.71. The van der Waals surface area contributed by atoms with Gasteiger partial charge in [0, 0.05) is 12.0 Å². The third-order valence-electron chi connectivity index (χ3n) is 4.12. The second-order valence-electron chi connectivity index (χ2n) is 5.22. The van der Waals surface area contributed by atoms with Crippen LogP contribution >= 0.6 is 0 Å². The van der Waals surface area contributed by atoms with Gasteiger partial charge in [-0.25, -0.2) is 0 Å². The second-order valence-corrected chi connectivity index (χ2v) is 5.22. The molecule has 0 heterocycles. The Bertz CT molecular complexity index is 395. The minimum atomic E-state index is -0.186. The molecule has 0 atom stereocenters. The molecule has 1 fully saturated rings. The Hall–Kier alpha value is -1.06. The van der Waals surface area contributed by atoms with E-state index in [2.05, 4.69) is 6.07 Å². The fourth-order valence-corrected chi connectivity index (χ4v) is 2.71. The predicted octanol–water partition coefficient (Wildman–Crippen LogP) is 1.83. The minimum absolute atomic E-state index is 0.0651.